The number of hydrogen-bond donors (Lipinski definition) is 2. The van der Waals surface area contributed by atoms with Crippen LogP contribution in [0.1, 0.15) is 0 Å². The molecule has 1 aliphatic rings. The van der Waals surface area contributed by atoms with Gasteiger partial charge in [-0.15, -0.1) is 0 Å². The van der Waals surface area contributed by atoms with Crippen molar-refractivity contribution in [1.82, 2.24) is 9.97 Å². The zero-order chi connectivity index (χ0) is 19.3. The standard InChI is InChI=1S/C20H19F2N5O/c21-15-6-5-14(11-16(15)22)25-19-12-20(24-13-23-19)26-17-3-1-2-4-18(17)27-7-9-28-10-8-27/h1-6,11-13H,7-10H2,(H2,23,24,25,26). The fraction of sp³-hybridized carbons (Fsp3) is 0.200. The average Bonchev–Trinajstić information content (AvgIpc) is 2.72. The highest BCUT2D eigenvalue weighted by atomic mass is 19.2. The van der Waals surface area contributed by atoms with E-state index in [1.54, 1.807) is 6.07 Å². The van der Waals surface area contributed by atoms with Crippen LogP contribution in [-0.2, 0) is 4.74 Å². The molecule has 1 saturated heterocycles. The van der Waals surface area contributed by atoms with Crippen LogP contribution < -0.4 is 15.5 Å². The SMILES string of the molecule is Fc1ccc(Nc2cc(Nc3ccccc3N3CCOCC3)ncn2)cc1F. The first kappa shape index (κ1) is 18.1. The van der Waals surface area contributed by atoms with Crippen molar-refractivity contribution in [3.8, 4) is 0 Å². The van der Waals surface area contributed by atoms with Crippen molar-refractivity contribution >= 4 is 28.7 Å². The Morgan fingerprint density at radius 2 is 1.61 bits per heavy atom. The highest BCUT2D eigenvalue weighted by Crippen LogP contribution is 2.29. The molecule has 2 aromatic carbocycles. The van der Waals surface area contributed by atoms with Gasteiger partial charge in [-0.3, -0.25) is 0 Å². The Morgan fingerprint density at radius 3 is 2.39 bits per heavy atom. The molecule has 0 amide bonds. The van der Waals surface area contributed by atoms with Crippen LogP contribution in [0.4, 0.5) is 37.5 Å². The van der Waals surface area contributed by atoms with E-state index in [1.165, 1.54) is 12.4 Å². The zero-order valence-corrected chi connectivity index (χ0v) is 15.0. The molecule has 0 aliphatic carbocycles. The van der Waals surface area contributed by atoms with Crippen molar-refractivity contribution in [3.05, 3.63) is 66.5 Å². The number of para-hydroxylation sites is 2. The molecule has 144 valence electrons. The van der Waals surface area contributed by atoms with Crippen LogP contribution >= 0.6 is 0 Å². The Kier molecular flexibility index (Phi) is 5.29. The molecular formula is C20H19F2N5O. The van der Waals surface area contributed by atoms with Gasteiger partial charge in [-0.1, -0.05) is 12.1 Å². The van der Waals surface area contributed by atoms with E-state index in [-0.39, 0.29) is 0 Å². The van der Waals surface area contributed by atoms with E-state index in [0.29, 0.717) is 30.5 Å². The maximum atomic E-state index is 13.4. The molecular weight excluding hydrogens is 364 g/mol. The van der Waals surface area contributed by atoms with Gasteiger partial charge in [0, 0.05) is 30.9 Å². The van der Waals surface area contributed by atoms with E-state index in [4.69, 9.17) is 4.74 Å². The summed E-state index contributed by atoms with van der Waals surface area (Å²) in [6, 6.07) is 13.3. The molecule has 0 spiro atoms. The number of benzene rings is 2. The van der Waals surface area contributed by atoms with Gasteiger partial charge in [-0.2, -0.15) is 0 Å². The fourth-order valence-electron chi connectivity index (χ4n) is 3.01. The minimum absolute atomic E-state index is 0.400. The van der Waals surface area contributed by atoms with Crippen LogP contribution in [0.5, 0.6) is 0 Å². The lowest BCUT2D eigenvalue weighted by atomic mass is 10.2. The summed E-state index contributed by atoms with van der Waals surface area (Å²) >= 11 is 0. The zero-order valence-electron chi connectivity index (χ0n) is 15.0. The maximum Gasteiger partial charge on any atom is 0.160 e. The monoisotopic (exact) mass is 383 g/mol. The van der Waals surface area contributed by atoms with Gasteiger partial charge in [0.05, 0.1) is 24.6 Å². The predicted molar refractivity (Wildman–Crippen MR) is 104 cm³/mol. The predicted octanol–water partition coefficient (Wildman–Crippen LogP) is 4.08. The van der Waals surface area contributed by atoms with Gasteiger partial charge in [0.2, 0.25) is 0 Å². The second-order valence-corrected chi connectivity index (χ2v) is 6.28. The van der Waals surface area contributed by atoms with Gasteiger partial charge in [-0.25, -0.2) is 18.7 Å². The van der Waals surface area contributed by atoms with Crippen LogP contribution in [0.3, 0.4) is 0 Å². The quantitative estimate of drug-likeness (QED) is 0.692. The first-order chi connectivity index (χ1) is 13.7. The summed E-state index contributed by atoms with van der Waals surface area (Å²) in [6.45, 7) is 3.05. The fourth-order valence-corrected chi connectivity index (χ4v) is 3.01. The van der Waals surface area contributed by atoms with Gasteiger partial charge in [0.1, 0.15) is 18.0 Å². The van der Waals surface area contributed by atoms with Gasteiger partial charge in [0.15, 0.2) is 11.6 Å². The average molecular weight is 383 g/mol. The number of morpholine rings is 1. The second kappa shape index (κ2) is 8.18. The topological polar surface area (TPSA) is 62.3 Å². The second-order valence-electron chi connectivity index (χ2n) is 6.28. The summed E-state index contributed by atoms with van der Waals surface area (Å²) in [6.07, 6.45) is 1.40. The van der Waals surface area contributed by atoms with Crippen LogP contribution in [0, 0.1) is 11.6 Å². The van der Waals surface area contributed by atoms with Crippen LogP contribution in [0.15, 0.2) is 54.9 Å². The van der Waals surface area contributed by atoms with Gasteiger partial charge >= 0.3 is 0 Å². The lowest BCUT2D eigenvalue weighted by molar-refractivity contribution is 0.123. The summed E-state index contributed by atoms with van der Waals surface area (Å²) in [7, 11) is 0. The van der Waals surface area contributed by atoms with Crippen molar-refractivity contribution in [2.24, 2.45) is 0 Å². The molecule has 0 radical (unpaired) electrons. The minimum atomic E-state index is -0.920. The summed E-state index contributed by atoms with van der Waals surface area (Å²) in [5.74, 6) is -0.764. The molecule has 2 N–H and O–H groups in total. The molecule has 2 heterocycles. The normalized spacial score (nSPS) is 14.0. The highest BCUT2D eigenvalue weighted by molar-refractivity contribution is 5.75. The Bertz CT molecular complexity index is 963. The molecule has 4 rings (SSSR count). The van der Waals surface area contributed by atoms with Gasteiger partial charge in [0.25, 0.3) is 0 Å². The molecule has 6 nitrogen and oxygen atoms in total. The third-order valence-electron chi connectivity index (χ3n) is 4.38. The smallest absolute Gasteiger partial charge is 0.160 e. The molecule has 1 aromatic heterocycles. The number of nitrogens with one attached hydrogen (secondary N) is 2. The Hall–Kier alpha value is -3.26. The molecule has 1 fully saturated rings. The van der Waals surface area contributed by atoms with E-state index in [0.717, 1.165) is 36.6 Å². The third-order valence-corrected chi connectivity index (χ3v) is 4.38. The largest absolute Gasteiger partial charge is 0.378 e. The van der Waals surface area contributed by atoms with Crippen LogP contribution in [0.2, 0.25) is 0 Å². The summed E-state index contributed by atoms with van der Waals surface area (Å²) in [5.41, 5.74) is 2.39. The highest BCUT2D eigenvalue weighted by Gasteiger charge is 2.15. The van der Waals surface area contributed by atoms with Gasteiger partial charge in [-0.05, 0) is 24.3 Å². The number of rotatable bonds is 5. The number of hydrogen-bond acceptors (Lipinski definition) is 6. The van der Waals surface area contributed by atoms with E-state index in [2.05, 4.69) is 31.6 Å². The molecule has 0 bridgehead atoms. The van der Waals surface area contributed by atoms with Crippen molar-refractivity contribution in [2.45, 2.75) is 0 Å². The molecule has 0 unspecified atom stereocenters. The van der Waals surface area contributed by atoms with E-state index in [1.807, 2.05) is 18.2 Å². The number of anilines is 5. The maximum absolute atomic E-state index is 13.4. The molecule has 1 aliphatic heterocycles. The van der Waals surface area contributed by atoms with E-state index >= 15 is 0 Å². The molecule has 8 heteroatoms. The molecule has 0 atom stereocenters. The first-order valence-electron chi connectivity index (χ1n) is 8.92. The number of halogens is 2. The van der Waals surface area contributed by atoms with Crippen molar-refractivity contribution in [1.29, 1.82) is 0 Å². The van der Waals surface area contributed by atoms with Gasteiger partial charge < -0.3 is 20.3 Å². The Labute approximate surface area is 161 Å². The lowest BCUT2D eigenvalue weighted by Gasteiger charge is -2.30. The van der Waals surface area contributed by atoms with Crippen molar-refractivity contribution < 1.29 is 13.5 Å². The molecule has 3 aromatic rings. The molecule has 0 saturated carbocycles. The summed E-state index contributed by atoms with van der Waals surface area (Å²) < 4.78 is 31.9. The number of nitrogens with zero attached hydrogens (tertiary/aromatic N) is 3. The number of aromatic nitrogens is 2. The van der Waals surface area contributed by atoms with Crippen molar-refractivity contribution in [2.75, 3.05) is 41.8 Å². The van der Waals surface area contributed by atoms with Crippen LogP contribution in [-0.4, -0.2) is 36.3 Å². The summed E-state index contributed by atoms with van der Waals surface area (Å²) in [5, 5.41) is 6.26. The third kappa shape index (κ3) is 4.17. The Balaban J connectivity index is 1.53. The minimum Gasteiger partial charge on any atom is -0.378 e. The van der Waals surface area contributed by atoms with Crippen LogP contribution in [0.25, 0.3) is 0 Å². The first-order valence-corrected chi connectivity index (χ1v) is 8.92. The number of ether oxygens (including phenoxy) is 1. The molecule has 28 heavy (non-hydrogen) atoms. The Morgan fingerprint density at radius 1 is 0.857 bits per heavy atom. The van der Waals surface area contributed by atoms with Crippen molar-refractivity contribution in [3.63, 3.8) is 0 Å². The summed E-state index contributed by atoms with van der Waals surface area (Å²) in [4.78, 5) is 10.6. The van der Waals surface area contributed by atoms with E-state index in [9.17, 15) is 8.78 Å². The lowest BCUT2D eigenvalue weighted by Crippen LogP contribution is -2.36. The van der Waals surface area contributed by atoms with E-state index < -0.39 is 11.6 Å².